The molecule has 0 atom stereocenters. The third-order valence-corrected chi connectivity index (χ3v) is 3.87. The van der Waals surface area contributed by atoms with Crippen LogP contribution in [0.3, 0.4) is 0 Å². The number of hydrogen-bond acceptors (Lipinski definition) is 4. The summed E-state index contributed by atoms with van der Waals surface area (Å²) in [7, 11) is 1.73. The monoisotopic (exact) mass is 263 g/mol. The van der Waals surface area contributed by atoms with Crippen LogP contribution in [-0.2, 0) is 0 Å². The number of nitrogens with two attached hydrogens (primary N) is 1. The standard InChI is InChI=1S/C15H25N3O/c1-12-11-15(19-3)13(2)10-14(12)18-8-6-17(5-4-16)7-9-18/h10-11H,4-9,16H2,1-3H3. The van der Waals surface area contributed by atoms with Crippen LogP contribution < -0.4 is 15.4 Å². The van der Waals surface area contributed by atoms with E-state index in [4.69, 9.17) is 10.5 Å². The molecule has 2 rings (SSSR count). The van der Waals surface area contributed by atoms with E-state index in [2.05, 4.69) is 35.8 Å². The summed E-state index contributed by atoms with van der Waals surface area (Å²) in [4.78, 5) is 4.90. The molecule has 2 N–H and O–H groups in total. The van der Waals surface area contributed by atoms with Crippen molar-refractivity contribution in [1.29, 1.82) is 0 Å². The highest BCUT2D eigenvalue weighted by molar-refractivity contribution is 5.59. The molecule has 1 aliphatic rings. The second-order valence-corrected chi connectivity index (χ2v) is 5.23. The van der Waals surface area contributed by atoms with Crippen LogP contribution in [0.2, 0.25) is 0 Å². The fraction of sp³-hybridized carbons (Fsp3) is 0.600. The van der Waals surface area contributed by atoms with E-state index in [1.807, 2.05) is 0 Å². The lowest BCUT2D eigenvalue weighted by molar-refractivity contribution is 0.264. The Hall–Kier alpha value is -1.26. The third kappa shape index (κ3) is 3.19. The van der Waals surface area contributed by atoms with Gasteiger partial charge in [0.2, 0.25) is 0 Å². The molecule has 4 nitrogen and oxygen atoms in total. The Morgan fingerprint density at radius 3 is 2.37 bits per heavy atom. The van der Waals surface area contributed by atoms with Crippen molar-refractivity contribution in [2.24, 2.45) is 5.73 Å². The van der Waals surface area contributed by atoms with E-state index < -0.39 is 0 Å². The van der Waals surface area contributed by atoms with Crippen molar-refractivity contribution in [2.75, 3.05) is 51.3 Å². The van der Waals surface area contributed by atoms with E-state index in [1.165, 1.54) is 16.8 Å². The number of piperazine rings is 1. The topological polar surface area (TPSA) is 41.7 Å². The van der Waals surface area contributed by atoms with E-state index in [-0.39, 0.29) is 0 Å². The van der Waals surface area contributed by atoms with Gasteiger partial charge < -0.3 is 15.4 Å². The van der Waals surface area contributed by atoms with Gasteiger partial charge in [-0.2, -0.15) is 0 Å². The van der Waals surface area contributed by atoms with Crippen LogP contribution in [0.15, 0.2) is 12.1 Å². The summed E-state index contributed by atoms with van der Waals surface area (Å²) in [5.41, 5.74) is 9.44. The third-order valence-electron chi connectivity index (χ3n) is 3.87. The molecule has 1 aliphatic heterocycles. The molecule has 0 spiro atoms. The van der Waals surface area contributed by atoms with Crippen LogP contribution in [-0.4, -0.2) is 51.3 Å². The first-order chi connectivity index (χ1) is 9.15. The van der Waals surface area contributed by atoms with Gasteiger partial charge in [-0.25, -0.2) is 0 Å². The fourth-order valence-electron chi connectivity index (χ4n) is 2.73. The lowest BCUT2D eigenvalue weighted by atomic mass is 10.1. The van der Waals surface area contributed by atoms with Crippen LogP contribution in [0.4, 0.5) is 5.69 Å². The predicted octanol–water partition coefficient (Wildman–Crippen LogP) is 1.39. The molecule has 1 fully saturated rings. The number of methoxy groups -OCH3 is 1. The summed E-state index contributed by atoms with van der Waals surface area (Å²) < 4.78 is 5.38. The first kappa shape index (κ1) is 14.2. The quantitative estimate of drug-likeness (QED) is 0.891. The maximum Gasteiger partial charge on any atom is 0.122 e. The molecule has 0 saturated carbocycles. The van der Waals surface area contributed by atoms with Crippen LogP contribution in [0, 0.1) is 13.8 Å². The zero-order chi connectivity index (χ0) is 13.8. The van der Waals surface area contributed by atoms with Crippen molar-refractivity contribution in [3.05, 3.63) is 23.3 Å². The summed E-state index contributed by atoms with van der Waals surface area (Å²) in [5.74, 6) is 0.975. The summed E-state index contributed by atoms with van der Waals surface area (Å²) in [5, 5.41) is 0. The Morgan fingerprint density at radius 1 is 1.11 bits per heavy atom. The van der Waals surface area contributed by atoms with Gasteiger partial charge in [-0.3, -0.25) is 4.90 Å². The molecule has 1 saturated heterocycles. The maximum atomic E-state index is 5.61. The SMILES string of the molecule is COc1cc(C)c(N2CCN(CCN)CC2)cc1C. The number of aryl methyl sites for hydroxylation is 2. The summed E-state index contributed by atoms with van der Waals surface area (Å²) in [6, 6.07) is 4.38. The van der Waals surface area contributed by atoms with Gasteiger partial charge in [-0.1, -0.05) is 0 Å². The number of anilines is 1. The molecule has 4 heteroatoms. The fourth-order valence-corrected chi connectivity index (χ4v) is 2.73. The van der Waals surface area contributed by atoms with Gasteiger partial charge in [0, 0.05) is 45.0 Å². The van der Waals surface area contributed by atoms with Crippen molar-refractivity contribution in [1.82, 2.24) is 4.90 Å². The van der Waals surface area contributed by atoms with Crippen LogP contribution >= 0.6 is 0 Å². The molecular weight excluding hydrogens is 238 g/mol. The minimum absolute atomic E-state index is 0.751. The van der Waals surface area contributed by atoms with Gasteiger partial charge in [0.1, 0.15) is 5.75 Å². The molecule has 1 aromatic carbocycles. The van der Waals surface area contributed by atoms with Crippen molar-refractivity contribution >= 4 is 5.69 Å². The Balaban J connectivity index is 2.09. The molecule has 0 aromatic heterocycles. The first-order valence-corrected chi connectivity index (χ1v) is 6.98. The van der Waals surface area contributed by atoms with E-state index in [1.54, 1.807) is 7.11 Å². The van der Waals surface area contributed by atoms with Crippen molar-refractivity contribution in [3.8, 4) is 5.75 Å². The number of nitrogens with zero attached hydrogens (tertiary/aromatic N) is 2. The highest BCUT2D eigenvalue weighted by atomic mass is 16.5. The highest BCUT2D eigenvalue weighted by Gasteiger charge is 2.18. The molecule has 1 heterocycles. The Labute approximate surface area is 116 Å². The second-order valence-electron chi connectivity index (χ2n) is 5.23. The van der Waals surface area contributed by atoms with Gasteiger partial charge in [-0.15, -0.1) is 0 Å². The van der Waals surface area contributed by atoms with Gasteiger partial charge in [0.15, 0.2) is 0 Å². The lowest BCUT2D eigenvalue weighted by Gasteiger charge is -2.36. The Morgan fingerprint density at radius 2 is 1.79 bits per heavy atom. The Bertz CT molecular complexity index is 426. The zero-order valence-corrected chi connectivity index (χ0v) is 12.3. The molecule has 0 aliphatic carbocycles. The molecule has 19 heavy (non-hydrogen) atoms. The number of rotatable bonds is 4. The molecule has 0 radical (unpaired) electrons. The average molecular weight is 263 g/mol. The minimum Gasteiger partial charge on any atom is -0.496 e. The van der Waals surface area contributed by atoms with Gasteiger partial charge in [0.25, 0.3) is 0 Å². The van der Waals surface area contributed by atoms with Crippen molar-refractivity contribution in [3.63, 3.8) is 0 Å². The summed E-state index contributed by atoms with van der Waals surface area (Å²) >= 11 is 0. The van der Waals surface area contributed by atoms with Crippen molar-refractivity contribution < 1.29 is 4.74 Å². The van der Waals surface area contributed by atoms with E-state index >= 15 is 0 Å². The van der Waals surface area contributed by atoms with Gasteiger partial charge in [-0.05, 0) is 37.1 Å². The lowest BCUT2D eigenvalue weighted by Crippen LogP contribution is -2.48. The van der Waals surface area contributed by atoms with Gasteiger partial charge >= 0.3 is 0 Å². The molecule has 0 amide bonds. The van der Waals surface area contributed by atoms with Crippen LogP contribution in [0.25, 0.3) is 0 Å². The largest absolute Gasteiger partial charge is 0.496 e. The normalized spacial score (nSPS) is 16.7. The Kier molecular flexibility index (Phi) is 4.66. The number of hydrogen-bond donors (Lipinski definition) is 1. The molecule has 1 aromatic rings. The molecule has 0 bridgehead atoms. The van der Waals surface area contributed by atoms with Gasteiger partial charge in [0.05, 0.1) is 7.11 Å². The number of benzene rings is 1. The molecule has 106 valence electrons. The van der Waals surface area contributed by atoms with Crippen molar-refractivity contribution in [2.45, 2.75) is 13.8 Å². The van der Waals surface area contributed by atoms with Crippen LogP contribution in [0.5, 0.6) is 5.75 Å². The highest BCUT2D eigenvalue weighted by Crippen LogP contribution is 2.29. The smallest absolute Gasteiger partial charge is 0.122 e. The van der Waals surface area contributed by atoms with E-state index in [9.17, 15) is 0 Å². The minimum atomic E-state index is 0.751. The number of ether oxygens (including phenoxy) is 1. The second kappa shape index (κ2) is 6.26. The summed E-state index contributed by atoms with van der Waals surface area (Å²) in [6.45, 7) is 10.4. The maximum absolute atomic E-state index is 5.61. The van der Waals surface area contributed by atoms with E-state index in [0.717, 1.165) is 45.0 Å². The predicted molar refractivity (Wildman–Crippen MR) is 80.2 cm³/mol. The first-order valence-electron chi connectivity index (χ1n) is 6.98. The summed E-state index contributed by atoms with van der Waals surface area (Å²) in [6.07, 6.45) is 0. The van der Waals surface area contributed by atoms with E-state index in [0.29, 0.717) is 0 Å². The zero-order valence-electron chi connectivity index (χ0n) is 12.3. The average Bonchev–Trinajstić information content (AvgIpc) is 2.42. The molecular formula is C15H25N3O. The van der Waals surface area contributed by atoms with Crippen LogP contribution in [0.1, 0.15) is 11.1 Å². The molecule has 0 unspecified atom stereocenters.